The van der Waals surface area contributed by atoms with Gasteiger partial charge in [0.15, 0.2) is 0 Å². The summed E-state index contributed by atoms with van der Waals surface area (Å²) in [6.45, 7) is 5.33. The van der Waals surface area contributed by atoms with E-state index in [1.807, 2.05) is 13.8 Å². The fraction of sp³-hybridized carbons (Fsp3) is 0.613. The number of carbonyl (C=O) groups excluding carboxylic acids is 4. The van der Waals surface area contributed by atoms with Gasteiger partial charge in [0.1, 0.15) is 36.0 Å². The molecule has 3 heterocycles. The Morgan fingerprint density at radius 3 is 2.59 bits per heavy atom. The number of halogens is 1. The summed E-state index contributed by atoms with van der Waals surface area (Å²) in [5.41, 5.74) is 0.607. The van der Waals surface area contributed by atoms with Crippen molar-refractivity contribution in [3.05, 3.63) is 41.5 Å². The molecule has 240 valence electrons. The van der Waals surface area contributed by atoms with Crippen LogP contribution in [-0.4, -0.2) is 87.2 Å². The first-order chi connectivity index (χ1) is 21.1. The number of likely N-dealkylation sites (N-methyl/N-ethyl adjacent to an activating group) is 1. The van der Waals surface area contributed by atoms with Gasteiger partial charge in [-0.2, -0.15) is 0 Å². The molecule has 1 fully saturated rings. The molecule has 2 N–H and O–H groups in total. The maximum atomic E-state index is 14.2. The first-order valence-corrected chi connectivity index (χ1v) is 15.6. The second-order valence-electron chi connectivity index (χ2n) is 12.1. The van der Waals surface area contributed by atoms with E-state index < -0.39 is 23.8 Å². The fourth-order valence-corrected chi connectivity index (χ4v) is 5.65. The van der Waals surface area contributed by atoms with Crippen molar-refractivity contribution < 1.29 is 28.3 Å². The van der Waals surface area contributed by atoms with E-state index in [9.17, 15) is 23.6 Å². The molecule has 2 aromatic rings. The lowest BCUT2D eigenvalue weighted by molar-refractivity contribution is -0.145. The van der Waals surface area contributed by atoms with Crippen LogP contribution >= 0.6 is 0 Å². The zero-order valence-electron chi connectivity index (χ0n) is 25.9. The maximum Gasteiger partial charge on any atom is 0.255 e. The van der Waals surface area contributed by atoms with Crippen LogP contribution in [0.4, 0.5) is 4.39 Å². The Kier molecular flexibility index (Phi) is 11.7. The number of hydrogen-bond acceptors (Lipinski definition) is 7. The Hall–Kier alpha value is -4.03. The van der Waals surface area contributed by atoms with Crippen LogP contribution in [0.25, 0.3) is 0 Å². The molecule has 2 atom stereocenters. The van der Waals surface area contributed by atoms with Crippen molar-refractivity contribution in [3.8, 4) is 5.75 Å². The summed E-state index contributed by atoms with van der Waals surface area (Å²) in [5.74, 6) is -2.02. The summed E-state index contributed by atoms with van der Waals surface area (Å²) in [5, 5.41) is 14.0. The zero-order valence-corrected chi connectivity index (χ0v) is 25.9. The highest BCUT2D eigenvalue weighted by Crippen LogP contribution is 2.24. The van der Waals surface area contributed by atoms with E-state index in [1.54, 1.807) is 17.9 Å². The summed E-state index contributed by atoms with van der Waals surface area (Å²) in [6, 6.07) is 1.97. The molecule has 1 aromatic carbocycles. The van der Waals surface area contributed by atoms with Crippen molar-refractivity contribution >= 4 is 23.6 Å². The average molecular weight is 614 g/mol. The lowest BCUT2D eigenvalue weighted by Gasteiger charge is -2.31. The molecule has 0 spiro atoms. The molecular formula is C31H44FN7O5. The van der Waals surface area contributed by atoms with E-state index in [2.05, 4.69) is 20.9 Å². The molecule has 2 bridgehead atoms. The van der Waals surface area contributed by atoms with E-state index in [0.29, 0.717) is 44.6 Å². The van der Waals surface area contributed by atoms with Gasteiger partial charge in [0.25, 0.3) is 5.91 Å². The van der Waals surface area contributed by atoms with Gasteiger partial charge in [-0.3, -0.25) is 23.9 Å². The van der Waals surface area contributed by atoms with Gasteiger partial charge in [0, 0.05) is 32.7 Å². The Morgan fingerprint density at radius 1 is 1.02 bits per heavy atom. The van der Waals surface area contributed by atoms with Crippen LogP contribution in [0.5, 0.6) is 5.75 Å². The smallest absolute Gasteiger partial charge is 0.255 e. The highest BCUT2D eigenvalue weighted by Gasteiger charge is 2.39. The Bertz CT molecular complexity index is 1320. The van der Waals surface area contributed by atoms with Crippen LogP contribution in [0.1, 0.15) is 81.3 Å². The summed E-state index contributed by atoms with van der Waals surface area (Å²) < 4.78 is 21.8. The minimum atomic E-state index is -0.920. The van der Waals surface area contributed by atoms with Crippen LogP contribution in [0, 0.1) is 11.7 Å². The molecule has 2 aliphatic heterocycles. The van der Waals surface area contributed by atoms with Crippen molar-refractivity contribution in [1.29, 1.82) is 0 Å². The van der Waals surface area contributed by atoms with E-state index in [1.165, 1.54) is 15.9 Å². The van der Waals surface area contributed by atoms with E-state index in [0.717, 1.165) is 44.2 Å². The van der Waals surface area contributed by atoms with Crippen LogP contribution in [-0.2, 0) is 27.5 Å². The number of hydrogen-bond donors (Lipinski definition) is 2. The lowest BCUT2D eigenvalue weighted by Crippen LogP contribution is -2.54. The number of nitrogens with zero attached hydrogens (tertiary/aromatic N) is 5. The van der Waals surface area contributed by atoms with E-state index in [4.69, 9.17) is 4.74 Å². The third-order valence-corrected chi connectivity index (χ3v) is 7.92. The summed E-state index contributed by atoms with van der Waals surface area (Å²) in [6.07, 6.45) is 7.91. The molecule has 0 radical (unpaired) electrons. The van der Waals surface area contributed by atoms with Gasteiger partial charge in [0.05, 0.1) is 18.3 Å². The van der Waals surface area contributed by atoms with E-state index in [-0.39, 0.29) is 48.1 Å². The Morgan fingerprint density at radius 2 is 1.80 bits per heavy atom. The van der Waals surface area contributed by atoms with Crippen LogP contribution in [0.2, 0.25) is 0 Å². The molecule has 2 aliphatic rings. The predicted octanol–water partition coefficient (Wildman–Crippen LogP) is 2.67. The van der Waals surface area contributed by atoms with Gasteiger partial charge in [0.2, 0.25) is 17.7 Å². The van der Waals surface area contributed by atoms with Gasteiger partial charge in [-0.25, -0.2) is 4.39 Å². The second kappa shape index (κ2) is 15.6. The molecule has 4 amide bonds. The summed E-state index contributed by atoms with van der Waals surface area (Å²) in [4.78, 5) is 56.2. The van der Waals surface area contributed by atoms with Gasteiger partial charge >= 0.3 is 0 Å². The number of ether oxygens (including phenoxy) is 1. The normalized spacial score (nSPS) is 21.9. The maximum absolute atomic E-state index is 14.2. The quantitative estimate of drug-likeness (QED) is 0.531. The monoisotopic (exact) mass is 613 g/mol. The number of aromatic nitrogens is 3. The largest absolute Gasteiger partial charge is 0.486 e. The Labute approximate surface area is 257 Å². The minimum Gasteiger partial charge on any atom is -0.486 e. The Balaban J connectivity index is 1.57. The van der Waals surface area contributed by atoms with Crippen molar-refractivity contribution in [1.82, 2.24) is 35.4 Å². The molecule has 0 saturated carbocycles. The number of carbonyl (C=O) groups is 4. The van der Waals surface area contributed by atoms with E-state index >= 15 is 0 Å². The standard InChI is InChI=1S/C31H44FN7O5/c1-21(2)16-25-30(42)39-15-9-10-26(39)31(43)37(3)19-28(40)33-13-7-5-4-6-8-14-38-18-23(35-36-38)20-44-27-17-22(32)11-12-24(27)29(41)34-25/h11-12,17-18,21,25-26H,4-10,13-16,19-20H2,1-3H3,(H,33,40)(H,34,41). The zero-order chi connectivity index (χ0) is 31.6. The van der Waals surface area contributed by atoms with Crippen molar-refractivity contribution in [2.75, 3.05) is 26.7 Å². The lowest BCUT2D eigenvalue weighted by atomic mass is 10.0. The van der Waals surface area contributed by atoms with Gasteiger partial charge in [-0.1, -0.05) is 38.3 Å². The van der Waals surface area contributed by atoms with Crippen molar-refractivity contribution in [2.24, 2.45) is 5.92 Å². The van der Waals surface area contributed by atoms with Gasteiger partial charge in [-0.05, 0) is 50.2 Å². The number of benzene rings is 1. The first-order valence-electron chi connectivity index (χ1n) is 15.6. The highest BCUT2D eigenvalue weighted by molar-refractivity contribution is 6.00. The third kappa shape index (κ3) is 8.99. The van der Waals surface area contributed by atoms with Gasteiger partial charge in [-0.15, -0.1) is 5.10 Å². The molecule has 13 heteroatoms. The number of amides is 4. The molecule has 1 saturated heterocycles. The molecular weight excluding hydrogens is 569 g/mol. The number of aryl methyl sites for hydroxylation is 1. The van der Waals surface area contributed by atoms with Crippen molar-refractivity contribution in [3.63, 3.8) is 0 Å². The number of rotatable bonds is 2. The summed E-state index contributed by atoms with van der Waals surface area (Å²) >= 11 is 0. The molecule has 12 nitrogen and oxygen atoms in total. The fourth-order valence-electron chi connectivity index (χ4n) is 5.65. The first kappa shape index (κ1) is 32.9. The third-order valence-electron chi connectivity index (χ3n) is 7.92. The molecule has 4 rings (SSSR count). The molecule has 2 unspecified atom stereocenters. The van der Waals surface area contributed by atoms with Crippen LogP contribution in [0.3, 0.4) is 0 Å². The summed E-state index contributed by atoms with van der Waals surface area (Å²) in [7, 11) is 1.57. The second-order valence-corrected chi connectivity index (χ2v) is 12.1. The predicted molar refractivity (Wildman–Crippen MR) is 160 cm³/mol. The van der Waals surface area contributed by atoms with Crippen LogP contribution < -0.4 is 15.4 Å². The SMILES string of the molecule is CC(C)CC1NC(=O)c2ccc(F)cc2OCc2cn(nn2)CCCCCCCNC(=O)CN(C)C(=O)C2CCCN2C1=O. The highest BCUT2D eigenvalue weighted by atomic mass is 19.1. The molecule has 0 aliphatic carbocycles. The molecule has 44 heavy (non-hydrogen) atoms. The van der Waals surface area contributed by atoms with Gasteiger partial charge < -0.3 is 25.2 Å². The van der Waals surface area contributed by atoms with Crippen molar-refractivity contribution in [2.45, 2.75) is 90.4 Å². The topological polar surface area (TPSA) is 139 Å². The molecule has 1 aromatic heterocycles. The number of nitrogens with one attached hydrogen (secondary N) is 2. The van der Waals surface area contributed by atoms with Crippen LogP contribution in [0.15, 0.2) is 24.4 Å². The average Bonchev–Trinajstić information content (AvgIpc) is 3.65. The number of fused-ring (bicyclic) bond motifs is 4. The minimum absolute atomic E-state index is 0.0190.